The second-order valence-electron chi connectivity index (χ2n) is 8.32. The van der Waals surface area contributed by atoms with Gasteiger partial charge in [-0.3, -0.25) is 4.79 Å². The fourth-order valence-electron chi connectivity index (χ4n) is 4.06. The van der Waals surface area contributed by atoms with E-state index >= 15 is 0 Å². The van der Waals surface area contributed by atoms with E-state index in [1.165, 1.54) is 26.8 Å². The van der Waals surface area contributed by atoms with E-state index in [1.54, 1.807) is 24.3 Å². The van der Waals surface area contributed by atoms with Crippen molar-refractivity contribution in [2.75, 3.05) is 13.1 Å². The number of amides is 1. The molecule has 1 aromatic heterocycles. The number of aryl methyl sites for hydroxylation is 4. The Morgan fingerprint density at radius 2 is 1.68 bits per heavy atom. The van der Waals surface area contributed by atoms with Crippen LogP contribution in [0.3, 0.4) is 0 Å². The molecule has 1 aliphatic heterocycles. The van der Waals surface area contributed by atoms with E-state index in [4.69, 9.17) is 0 Å². The highest BCUT2D eigenvalue weighted by atomic mass is 32.2. The van der Waals surface area contributed by atoms with Crippen molar-refractivity contribution in [3.63, 3.8) is 0 Å². The van der Waals surface area contributed by atoms with Crippen LogP contribution in [0.1, 0.15) is 29.5 Å². The summed E-state index contributed by atoms with van der Waals surface area (Å²) in [4.78, 5) is 18.3. The summed E-state index contributed by atoms with van der Waals surface area (Å²) in [5.41, 5.74) is 4.45. The van der Waals surface area contributed by atoms with E-state index in [1.807, 2.05) is 18.5 Å². The molecule has 0 aliphatic carbocycles. The first-order chi connectivity index (χ1) is 14.7. The van der Waals surface area contributed by atoms with Crippen LogP contribution in [-0.2, 0) is 21.9 Å². The van der Waals surface area contributed by atoms with Crippen molar-refractivity contribution in [3.8, 4) is 0 Å². The van der Waals surface area contributed by atoms with E-state index in [0.29, 0.717) is 35.6 Å². The van der Waals surface area contributed by atoms with E-state index in [0.717, 1.165) is 15.8 Å². The molecular weight excluding hydrogens is 430 g/mol. The molecule has 2 aromatic carbocycles. The number of rotatable bonds is 3. The minimum Gasteiger partial charge on any atom is -0.319 e. The SMILES string of the molecule is Cc1ccc(S(=O)(=O)N2CCC(C(=O)N=c3sc4c(C)cc(C)cc4n3C)CC2)cc1. The minimum absolute atomic E-state index is 0.163. The molecule has 0 bridgehead atoms. The van der Waals surface area contributed by atoms with Crippen LogP contribution in [0.2, 0.25) is 0 Å². The lowest BCUT2D eigenvalue weighted by atomic mass is 9.98. The predicted molar refractivity (Wildman–Crippen MR) is 124 cm³/mol. The first-order valence-corrected chi connectivity index (χ1v) is 12.6. The molecule has 0 radical (unpaired) electrons. The molecule has 2 heterocycles. The minimum atomic E-state index is -3.53. The summed E-state index contributed by atoms with van der Waals surface area (Å²) in [6.45, 7) is 6.72. The van der Waals surface area contributed by atoms with Gasteiger partial charge in [-0.25, -0.2) is 8.42 Å². The van der Waals surface area contributed by atoms with Crippen molar-refractivity contribution in [1.29, 1.82) is 0 Å². The van der Waals surface area contributed by atoms with Crippen molar-refractivity contribution in [3.05, 3.63) is 57.9 Å². The Bertz CT molecular complexity index is 1310. The summed E-state index contributed by atoms with van der Waals surface area (Å²) in [6.07, 6.45) is 0.973. The van der Waals surface area contributed by atoms with Gasteiger partial charge < -0.3 is 4.57 Å². The van der Waals surface area contributed by atoms with Gasteiger partial charge in [-0.1, -0.05) is 35.1 Å². The molecule has 1 aliphatic rings. The number of carbonyl (C=O) groups excluding carboxylic acids is 1. The molecule has 3 aromatic rings. The van der Waals surface area contributed by atoms with Gasteiger partial charge in [-0.2, -0.15) is 9.30 Å². The molecule has 31 heavy (non-hydrogen) atoms. The Hall–Kier alpha value is -2.29. The highest BCUT2D eigenvalue weighted by molar-refractivity contribution is 7.89. The summed E-state index contributed by atoms with van der Waals surface area (Å²) in [7, 11) is -1.60. The van der Waals surface area contributed by atoms with Crippen LogP contribution in [0.15, 0.2) is 46.3 Å². The highest BCUT2D eigenvalue weighted by Gasteiger charge is 2.32. The largest absolute Gasteiger partial charge is 0.319 e. The zero-order valence-corrected chi connectivity index (χ0v) is 19.9. The van der Waals surface area contributed by atoms with Gasteiger partial charge in [0.1, 0.15) is 0 Å². The van der Waals surface area contributed by atoms with Gasteiger partial charge in [0, 0.05) is 26.1 Å². The summed E-state index contributed by atoms with van der Waals surface area (Å²) in [6, 6.07) is 11.1. The Labute approximate surface area is 186 Å². The smallest absolute Gasteiger partial charge is 0.251 e. The summed E-state index contributed by atoms with van der Waals surface area (Å²) < 4.78 is 30.4. The summed E-state index contributed by atoms with van der Waals surface area (Å²) in [5.74, 6) is -0.415. The third-order valence-corrected chi connectivity index (χ3v) is 9.10. The average Bonchev–Trinajstić information content (AvgIpc) is 3.04. The van der Waals surface area contributed by atoms with Crippen LogP contribution in [0, 0.1) is 26.7 Å². The number of fused-ring (bicyclic) bond motifs is 1. The van der Waals surface area contributed by atoms with Crippen LogP contribution in [-0.4, -0.2) is 36.3 Å². The Morgan fingerprint density at radius 3 is 2.32 bits per heavy atom. The monoisotopic (exact) mass is 457 g/mol. The lowest BCUT2D eigenvalue weighted by Crippen LogP contribution is -2.40. The molecule has 6 nitrogen and oxygen atoms in total. The predicted octanol–water partition coefficient (Wildman–Crippen LogP) is 3.69. The number of nitrogens with zero attached hydrogens (tertiary/aromatic N) is 3. The number of piperidine rings is 1. The third-order valence-electron chi connectivity index (χ3n) is 5.91. The van der Waals surface area contributed by atoms with Crippen LogP contribution < -0.4 is 4.80 Å². The zero-order chi connectivity index (χ0) is 22.3. The van der Waals surface area contributed by atoms with Gasteiger partial charge in [0.15, 0.2) is 4.80 Å². The molecule has 4 rings (SSSR count). The Balaban J connectivity index is 1.51. The molecule has 1 amide bonds. The maximum atomic E-state index is 12.9. The van der Waals surface area contributed by atoms with Gasteiger partial charge in [-0.05, 0) is 62.9 Å². The molecule has 0 spiro atoms. The van der Waals surface area contributed by atoms with Crippen LogP contribution >= 0.6 is 11.3 Å². The third kappa shape index (κ3) is 4.24. The molecule has 0 saturated carbocycles. The van der Waals surface area contributed by atoms with Gasteiger partial charge in [0.2, 0.25) is 10.0 Å². The molecule has 1 fully saturated rings. The first-order valence-electron chi connectivity index (χ1n) is 10.4. The maximum absolute atomic E-state index is 12.9. The molecular formula is C23H27N3O3S2. The van der Waals surface area contributed by atoms with Crippen molar-refractivity contribution < 1.29 is 13.2 Å². The maximum Gasteiger partial charge on any atom is 0.251 e. The van der Waals surface area contributed by atoms with Crippen LogP contribution in [0.5, 0.6) is 0 Å². The van der Waals surface area contributed by atoms with Gasteiger partial charge in [-0.15, -0.1) is 0 Å². The van der Waals surface area contributed by atoms with E-state index in [9.17, 15) is 13.2 Å². The number of benzene rings is 2. The fourth-order valence-corrected chi connectivity index (χ4v) is 6.61. The Morgan fingerprint density at radius 1 is 1.03 bits per heavy atom. The van der Waals surface area contributed by atoms with Crippen LogP contribution in [0.25, 0.3) is 10.2 Å². The second kappa shape index (κ2) is 8.33. The number of hydrogen-bond acceptors (Lipinski definition) is 4. The van der Waals surface area contributed by atoms with E-state index < -0.39 is 10.0 Å². The van der Waals surface area contributed by atoms with Gasteiger partial charge in [0.25, 0.3) is 5.91 Å². The molecule has 0 atom stereocenters. The van der Waals surface area contributed by atoms with E-state index in [-0.39, 0.29) is 11.8 Å². The van der Waals surface area contributed by atoms with Crippen molar-refractivity contribution in [1.82, 2.24) is 8.87 Å². The molecule has 0 N–H and O–H groups in total. The highest BCUT2D eigenvalue weighted by Crippen LogP contribution is 2.26. The quantitative estimate of drug-likeness (QED) is 0.602. The van der Waals surface area contributed by atoms with Crippen molar-refractivity contribution in [2.45, 2.75) is 38.5 Å². The number of aromatic nitrogens is 1. The molecule has 0 unspecified atom stereocenters. The standard InChI is InChI=1S/C23H27N3O3S2/c1-15-5-7-19(8-6-15)31(28,29)26-11-9-18(10-12-26)22(27)24-23-25(4)20-14-16(2)13-17(3)21(20)30-23/h5-8,13-14,18H,9-12H2,1-4H3. The lowest BCUT2D eigenvalue weighted by Gasteiger charge is -2.29. The Kier molecular flexibility index (Phi) is 5.89. The first kappa shape index (κ1) is 21.9. The fraction of sp³-hybridized carbons (Fsp3) is 0.391. The topological polar surface area (TPSA) is 71.7 Å². The zero-order valence-electron chi connectivity index (χ0n) is 18.3. The molecule has 1 saturated heterocycles. The summed E-state index contributed by atoms with van der Waals surface area (Å²) in [5, 5.41) is 0. The molecule has 164 valence electrons. The van der Waals surface area contributed by atoms with E-state index in [2.05, 4.69) is 31.0 Å². The van der Waals surface area contributed by atoms with Gasteiger partial charge in [0.05, 0.1) is 15.1 Å². The van der Waals surface area contributed by atoms with Gasteiger partial charge >= 0.3 is 0 Å². The lowest BCUT2D eigenvalue weighted by molar-refractivity contribution is -0.122. The number of hydrogen-bond donors (Lipinski definition) is 0. The van der Waals surface area contributed by atoms with Crippen LogP contribution in [0.4, 0.5) is 0 Å². The van der Waals surface area contributed by atoms with Crippen molar-refractivity contribution >= 4 is 37.5 Å². The average molecular weight is 458 g/mol. The van der Waals surface area contributed by atoms with Crippen molar-refractivity contribution in [2.24, 2.45) is 18.0 Å². The summed E-state index contributed by atoms with van der Waals surface area (Å²) >= 11 is 1.52. The number of carbonyl (C=O) groups is 1. The number of sulfonamides is 1. The number of thiazole rings is 1. The normalized spacial score (nSPS) is 16.8. The second-order valence-corrected chi connectivity index (χ2v) is 11.2. The molecule has 8 heteroatoms.